The summed E-state index contributed by atoms with van der Waals surface area (Å²) < 4.78 is 6.23. The SMILES string of the molecule is O=C(O)c1ccc(Br)c(OCc2nccs2)c1. The van der Waals surface area contributed by atoms with Crippen LogP contribution in [0, 0.1) is 0 Å². The first-order valence-corrected chi connectivity index (χ1v) is 6.38. The van der Waals surface area contributed by atoms with E-state index in [0.29, 0.717) is 12.4 Å². The molecule has 0 bridgehead atoms. The highest BCUT2D eigenvalue weighted by molar-refractivity contribution is 9.10. The number of carboxylic acids is 1. The van der Waals surface area contributed by atoms with E-state index in [2.05, 4.69) is 20.9 Å². The average Bonchev–Trinajstić information content (AvgIpc) is 2.80. The van der Waals surface area contributed by atoms with E-state index in [4.69, 9.17) is 9.84 Å². The van der Waals surface area contributed by atoms with Crippen molar-refractivity contribution in [3.05, 3.63) is 44.8 Å². The predicted molar refractivity (Wildman–Crippen MR) is 67.5 cm³/mol. The Morgan fingerprint density at radius 2 is 2.35 bits per heavy atom. The molecule has 0 aliphatic carbocycles. The number of thiazole rings is 1. The fourth-order valence-electron chi connectivity index (χ4n) is 1.21. The van der Waals surface area contributed by atoms with Gasteiger partial charge in [-0.05, 0) is 34.1 Å². The van der Waals surface area contributed by atoms with Crippen LogP contribution in [0.1, 0.15) is 15.4 Å². The summed E-state index contributed by atoms with van der Waals surface area (Å²) in [6, 6.07) is 4.66. The number of rotatable bonds is 4. The smallest absolute Gasteiger partial charge is 0.335 e. The van der Waals surface area contributed by atoms with Gasteiger partial charge < -0.3 is 9.84 Å². The predicted octanol–water partition coefficient (Wildman–Crippen LogP) is 3.18. The van der Waals surface area contributed by atoms with Crippen molar-refractivity contribution in [3.8, 4) is 5.75 Å². The summed E-state index contributed by atoms with van der Waals surface area (Å²) in [6.45, 7) is 0.333. The van der Waals surface area contributed by atoms with E-state index >= 15 is 0 Å². The summed E-state index contributed by atoms with van der Waals surface area (Å²) >= 11 is 4.80. The van der Waals surface area contributed by atoms with Crippen molar-refractivity contribution in [2.24, 2.45) is 0 Å². The van der Waals surface area contributed by atoms with Crippen LogP contribution < -0.4 is 4.74 Å². The van der Waals surface area contributed by atoms with E-state index in [1.54, 1.807) is 12.3 Å². The van der Waals surface area contributed by atoms with Gasteiger partial charge in [0.25, 0.3) is 0 Å². The summed E-state index contributed by atoms with van der Waals surface area (Å²) in [6.07, 6.45) is 1.70. The molecule has 17 heavy (non-hydrogen) atoms. The second-order valence-electron chi connectivity index (χ2n) is 3.16. The molecule has 0 saturated carbocycles. The van der Waals surface area contributed by atoms with Crippen LogP contribution in [0.2, 0.25) is 0 Å². The number of aromatic carboxylic acids is 1. The summed E-state index contributed by atoms with van der Waals surface area (Å²) in [7, 11) is 0. The highest BCUT2D eigenvalue weighted by Crippen LogP contribution is 2.27. The van der Waals surface area contributed by atoms with E-state index in [0.717, 1.165) is 9.48 Å². The van der Waals surface area contributed by atoms with Gasteiger partial charge in [0.1, 0.15) is 17.4 Å². The molecule has 0 aliphatic heterocycles. The van der Waals surface area contributed by atoms with E-state index in [1.165, 1.54) is 23.5 Å². The number of halogens is 1. The molecular formula is C11H8BrNO3S. The second kappa shape index (κ2) is 5.29. The molecular weight excluding hydrogens is 306 g/mol. The molecule has 88 valence electrons. The number of carboxylic acid groups (broad SMARTS) is 1. The molecule has 1 heterocycles. The van der Waals surface area contributed by atoms with Crippen LogP contribution >= 0.6 is 27.3 Å². The average molecular weight is 314 g/mol. The van der Waals surface area contributed by atoms with Gasteiger partial charge in [0, 0.05) is 11.6 Å². The first-order valence-electron chi connectivity index (χ1n) is 4.71. The molecule has 2 aromatic rings. The van der Waals surface area contributed by atoms with Crippen LogP contribution in [0.3, 0.4) is 0 Å². The number of aromatic nitrogens is 1. The van der Waals surface area contributed by atoms with Crippen LogP contribution in [0.4, 0.5) is 0 Å². The monoisotopic (exact) mass is 313 g/mol. The van der Waals surface area contributed by atoms with Crippen molar-refractivity contribution in [1.29, 1.82) is 0 Å². The van der Waals surface area contributed by atoms with Crippen LogP contribution in [0.15, 0.2) is 34.2 Å². The van der Waals surface area contributed by atoms with E-state index < -0.39 is 5.97 Å². The van der Waals surface area contributed by atoms with Gasteiger partial charge in [0.05, 0.1) is 10.0 Å². The number of ether oxygens (including phenoxy) is 1. The lowest BCUT2D eigenvalue weighted by molar-refractivity contribution is 0.0696. The number of hydrogen-bond acceptors (Lipinski definition) is 4. The summed E-state index contributed by atoms with van der Waals surface area (Å²) in [5.41, 5.74) is 0.197. The Hall–Kier alpha value is -1.40. The molecule has 0 aliphatic rings. The number of nitrogens with zero attached hydrogens (tertiary/aromatic N) is 1. The molecule has 1 aromatic heterocycles. The Morgan fingerprint density at radius 1 is 1.53 bits per heavy atom. The summed E-state index contributed by atoms with van der Waals surface area (Å²) in [5.74, 6) is -0.475. The van der Waals surface area contributed by atoms with Crippen molar-refractivity contribution in [2.45, 2.75) is 6.61 Å². The Kier molecular flexibility index (Phi) is 3.75. The topological polar surface area (TPSA) is 59.4 Å². The highest BCUT2D eigenvalue weighted by Gasteiger charge is 2.08. The normalized spacial score (nSPS) is 10.2. The van der Waals surface area contributed by atoms with E-state index in [-0.39, 0.29) is 5.56 Å². The Balaban J connectivity index is 2.14. The van der Waals surface area contributed by atoms with E-state index in [1.807, 2.05) is 5.38 Å². The third kappa shape index (κ3) is 3.04. The van der Waals surface area contributed by atoms with Gasteiger partial charge in [0.15, 0.2) is 0 Å². The maximum absolute atomic E-state index is 10.8. The number of carbonyl (C=O) groups is 1. The van der Waals surface area contributed by atoms with Crippen LogP contribution in [0.25, 0.3) is 0 Å². The van der Waals surface area contributed by atoms with Gasteiger partial charge in [-0.15, -0.1) is 11.3 Å². The van der Waals surface area contributed by atoms with Crippen molar-refractivity contribution >= 4 is 33.2 Å². The van der Waals surface area contributed by atoms with Gasteiger partial charge >= 0.3 is 5.97 Å². The maximum atomic E-state index is 10.8. The molecule has 0 radical (unpaired) electrons. The third-order valence-corrected chi connectivity index (χ3v) is 3.42. The minimum absolute atomic E-state index is 0.197. The Morgan fingerprint density at radius 3 is 3.00 bits per heavy atom. The van der Waals surface area contributed by atoms with Crippen molar-refractivity contribution in [2.75, 3.05) is 0 Å². The molecule has 0 spiro atoms. The van der Waals surface area contributed by atoms with Crippen molar-refractivity contribution in [1.82, 2.24) is 4.98 Å². The molecule has 4 nitrogen and oxygen atoms in total. The minimum atomic E-state index is -0.975. The first kappa shape index (κ1) is 12.1. The van der Waals surface area contributed by atoms with Crippen molar-refractivity contribution < 1.29 is 14.6 Å². The molecule has 2 rings (SSSR count). The van der Waals surface area contributed by atoms with Gasteiger partial charge in [-0.25, -0.2) is 9.78 Å². The van der Waals surface area contributed by atoms with Crippen molar-refractivity contribution in [3.63, 3.8) is 0 Å². The highest BCUT2D eigenvalue weighted by atomic mass is 79.9. The Labute approximate surface area is 110 Å². The fourth-order valence-corrected chi connectivity index (χ4v) is 2.10. The van der Waals surface area contributed by atoms with Crippen LogP contribution in [-0.2, 0) is 6.61 Å². The molecule has 0 fully saturated rings. The molecule has 1 aromatic carbocycles. The van der Waals surface area contributed by atoms with Gasteiger partial charge in [-0.2, -0.15) is 0 Å². The molecule has 0 amide bonds. The zero-order valence-electron chi connectivity index (χ0n) is 8.59. The van der Waals surface area contributed by atoms with E-state index in [9.17, 15) is 4.79 Å². The lowest BCUT2D eigenvalue weighted by Crippen LogP contribution is -1.99. The molecule has 0 saturated heterocycles. The van der Waals surface area contributed by atoms with Crippen LogP contribution in [-0.4, -0.2) is 16.1 Å². The minimum Gasteiger partial charge on any atom is -0.485 e. The molecule has 0 unspecified atom stereocenters. The Bertz CT molecular complexity index is 528. The van der Waals surface area contributed by atoms with Crippen LogP contribution in [0.5, 0.6) is 5.75 Å². The first-order chi connectivity index (χ1) is 8.16. The quantitative estimate of drug-likeness (QED) is 0.941. The lowest BCUT2D eigenvalue weighted by Gasteiger charge is -2.07. The van der Waals surface area contributed by atoms with Gasteiger partial charge in [0.2, 0.25) is 0 Å². The maximum Gasteiger partial charge on any atom is 0.335 e. The molecule has 6 heteroatoms. The molecule has 0 atom stereocenters. The largest absolute Gasteiger partial charge is 0.485 e. The number of hydrogen-bond donors (Lipinski definition) is 1. The summed E-state index contributed by atoms with van der Waals surface area (Å²) in [4.78, 5) is 14.9. The second-order valence-corrected chi connectivity index (χ2v) is 5.00. The van der Waals surface area contributed by atoms with Gasteiger partial charge in [-0.1, -0.05) is 0 Å². The number of benzene rings is 1. The molecule has 1 N–H and O–H groups in total. The zero-order valence-corrected chi connectivity index (χ0v) is 11.0. The fraction of sp³-hybridized carbons (Fsp3) is 0.0909. The standard InChI is InChI=1S/C11H8BrNO3S/c12-8-2-1-7(11(14)15)5-9(8)16-6-10-13-3-4-17-10/h1-5H,6H2,(H,14,15). The van der Waals surface area contributed by atoms with Gasteiger partial charge in [-0.3, -0.25) is 0 Å². The zero-order chi connectivity index (χ0) is 12.3. The summed E-state index contributed by atoms with van der Waals surface area (Å²) in [5, 5.41) is 11.6. The third-order valence-electron chi connectivity index (χ3n) is 2.01. The lowest BCUT2D eigenvalue weighted by atomic mass is 10.2.